The first-order chi connectivity index (χ1) is 4.70. The second-order valence-electron chi connectivity index (χ2n) is 2.46. The van der Waals surface area contributed by atoms with Gasteiger partial charge in [-0.1, -0.05) is 11.6 Å². The van der Waals surface area contributed by atoms with Crippen molar-refractivity contribution in [3.8, 4) is 0 Å². The Morgan fingerprint density at radius 2 is 2.30 bits per heavy atom. The molecule has 0 aromatic rings. The minimum absolute atomic E-state index is 0.250. The highest BCUT2D eigenvalue weighted by atomic mass is 35.5. The minimum Gasteiger partial charge on any atom is -0.316 e. The largest absolute Gasteiger partial charge is 0.316 e. The van der Waals surface area contributed by atoms with Crippen molar-refractivity contribution in [1.29, 1.82) is 0 Å². The standard InChI is InChI=1S/C8H16ClN/c1-4-8(6-10-3)5-7(2)9/h4,7,10H,5-6H2,1-3H3/b8-4+. The van der Waals surface area contributed by atoms with E-state index in [-0.39, 0.29) is 5.38 Å². The summed E-state index contributed by atoms with van der Waals surface area (Å²) in [6.07, 6.45) is 3.11. The van der Waals surface area contributed by atoms with E-state index in [0.29, 0.717) is 0 Å². The second kappa shape index (κ2) is 5.75. The fourth-order valence-electron chi connectivity index (χ4n) is 0.880. The van der Waals surface area contributed by atoms with Gasteiger partial charge in [0.05, 0.1) is 0 Å². The van der Waals surface area contributed by atoms with Crippen molar-refractivity contribution < 1.29 is 0 Å². The number of allylic oxidation sites excluding steroid dienone is 1. The first-order valence-electron chi connectivity index (χ1n) is 3.63. The molecule has 0 heterocycles. The molecule has 0 saturated heterocycles. The highest BCUT2D eigenvalue weighted by Crippen LogP contribution is 2.08. The maximum Gasteiger partial charge on any atom is 0.0345 e. The second-order valence-corrected chi connectivity index (χ2v) is 3.21. The zero-order valence-electron chi connectivity index (χ0n) is 6.95. The molecule has 1 N–H and O–H groups in total. The Bertz CT molecular complexity index is 108. The number of alkyl halides is 1. The summed E-state index contributed by atoms with van der Waals surface area (Å²) < 4.78 is 0. The van der Waals surface area contributed by atoms with Gasteiger partial charge in [0.15, 0.2) is 0 Å². The van der Waals surface area contributed by atoms with Crippen LogP contribution in [0.1, 0.15) is 20.3 Å². The van der Waals surface area contributed by atoms with Crippen LogP contribution in [0.25, 0.3) is 0 Å². The monoisotopic (exact) mass is 161 g/mol. The molecule has 0 rings (SSSR count). The van der Waals surface area contributed by atoms with Gasteiger partial charge >= 0.3 is 0 Å². The molecule has 0 saturated carbocycles. The Kier molecular flexibility index (Phi) is 5.74. The molecule has 0 amide bonds. The van der Waals surface area contributed by atoms with Crippen LogP contribution in [0.15, 0.2) is 11.6 Å². The van der Waals surface area contributed by atoms with Crippen molar-refractivity contribution in [2.24, 2.45) is 0 Å². The quantitative estimate of drug-likeness (QED) is 0.492. The van der Waals surface area contributed by atoms with Crippen LogP contribution in [0.3, 0.4) is 0 Å². The van der Waals surface area contributed by atoms with Crippen LogP contribution in [0.4, 0.5) is 0 Å². The Morgan fingerprint density at radius 1 is 1.70 bits per heavy atom. The molecule has 10 heavy (non-hydrogen) atoms. The third-order valence-corrected chi connectivity index (χ3v) is 1.51. The van der Waals surface area contributed by atoms with Crippen LogP contribution in [-0.4, -0.2) is 19.0 Å². The van der Waals surface area contributed by atoms with Gasteiger partial charge in [0.2, 0.25) is 0 Å². The van der Waals surface area contributed by atoms with E-state index in [1.807, 2.05) is 20.9 Å². The van der Waals surface area contributed by atoms with Gasteiger partial charge in [-0.05, 0) is 27.3 Å². The third kappa shape index (κ3) is 4.83. The lowest BCUT2D eigenvalue weighted by atomic mass is 10.1. The highest BCUT2D eigenvalue weighted by molar-refractivity contribution is 6.20. The average Bonchev–Trinajstić information content (AvgIpc) is 1.86. The van der Waals surface area contributed by atoms with Gasteiger partial charge in [-0.15, -0.1) is 11.6 Å². The minimum atomic E-state index is 0.250. The summed E-state index contributed by atoms with van der Waals surface area (Å²) >= 11 is 5.82. The Morgan fingerprint density at radius 3 is 2.60 bits per heavy atom. The molecule has 0 aromatic heterocycles. The molecule has 1 nitrogen and oxygen atoms in total. The molecule has 0 fully saturated rings. The van der Waals surface area contributed by atoms with Crippen molar-refractivity contribution in [2.45, 2.75) is 25.6 Å². The van der Waals surface area contributed by atoms with Gasteiger partial charge in [0, 0.05) is 11.9 Å². The number of likely N-dealkylation sites (N-methyl/N-ethyl adjacent to an activating group) is 1. The molecule has 1 atom stereocenters. The summed E-state index contributed by atoms with van der Waals surface area (Å²) in [6.45, 7) is 5.01. The molecule has 1 unspecified atom stereocenters. The van der Waals surface area contributed by atoms with Gasteiger partial charge in [-0.2, -0.15) is 0 Å². The molecule has 0 aliphatic heterocycles. The van der Waals surface area contributed by atoms with Crippen molar-refractivity contribution in [3.05, 3.63) is 11.6 Å². The normalized spacial score (nSPS) is 15.4. The smallest absolute Gasteiger partial charge is 0.0345 e. The fraction of sp³-hybridized carbons (Fsp3) is 0.750. The van der Waals surface area contributed by atoms with Crippen LogP contribution in [0.5, 0.6) is 0 Å². The topological polar surface area (TPSA) is 12.0 Å². The molecule has 0 bridgehead atoms. The predicted molar refractivity (Wildman–Crippen MR) is 47.6 cm³/mol. The van der Waals surface area contributed by atoms with Crippen molar-refractivity contribution in [3.63, 3.8) is 0 Å². The van der Waals surface area contributed by atoms with Gasteiger partial charge in [0.1, 0.15) is 0 Å². The van der Waals surface area contributed by atoms with Crippen LogP contribution >= 0.6 is 11.6 Å². The number of rotatable bonds is 4. The van der Waals surface area contributed by atoms with Crippen LogP contribution in [-0.2, 0) is 0 Å². The van der Waals surface area contributed by atoms with Crippen LogP contribution in [0, 0.1) is 0 Å². The van der Waals surface area contributed by atoms with E-state index in [2.05, 4.69) is 11.4 Å². The van der Waals surface area contributed by atoms with Gasteiger partial charge in [0.25, 0.3) is 0 Å². The van der Waals surface area contributed by atoms with Crippen molar-refractivity contribution >= 4 is 11.6 Å². The van der Waals surface area contributed by atoms with Crippen LogP contribution in [0.2, 0.25) is 0 Å². The first-order valence-corrected chi connectivity index (χ1v) is 4.07. The van der Waals surface area contributed by atoms with E-state index in [1.165, 1.54) is 5.57 Å². The summed E-state index contributed by atoms with van der Waals surface area (Å²) in [5, 5.41) is 3.35. The van der Waals surface area contributed by atoms with Gasteiger partial charge < -0.3 is 5.32 Å². The molecule has 0 aliphatic rings. The van der Waals surface area contributed by atoms with E-state index in [1.54, 1.807) is 0 Å². The zero-order chi connectivity index (χ0) is 7.98. The average molecular weight is 162 g/mol. The lowest BCUT2D eigenvalue weighted by Crippen LogP contribution is -2.12. The van der Waals surface area contributed by atoms with Gasteiger partial charge in [-0.25, -0.2) is 0 Å². The van der Waals surface area contributed by atoms with E-state index in [9.17, 15) is 0 Å². The lowest BCUT2D eigenvalue weighted by molar-refractivity contribution is 0.802. The van der Waals surface area contributed by atoms with Crippen LogP contribution < -0.4 is 5.32 Å². The number of halogens is 1. The maximum absolute atomic E-state index is 5.82. The van der Waals surface area contributed by atoms with Gasteiger partial charge in [-0.3, -0.25) is 0 Å². The van der Waals surface area contributed by atoms with E-state index >= 15 is 0 Å². The number of nitrogens with one attached hydrogen (secondary N) is 1. The Hall–Kier alpha value is -0.0100. The summed E-state index contributed by atoms with van der Waals surface area (Å²) in [5.41, 5.74) is 1.38. The Balaban J connectivity index is 3.62. The lowest BCUT2D eigenvalue weighted by Gasteiger charge is -2.06. The summed E-state index contributed by atoms with van der Waals surface area (Å²) in [4.78, 5) is 0. The maximum atomic E-state index is 5.82. The van der Waals surface area contributed by atoms with Crippen molar-refractivity contribution in [1.82, 2.24) is 5.32 Å². The predicted octanol–water partition coefficient (Wildman–Crippen LogP) is 2.17. The molecule has 0 radical (unpaired) electrons. The van der Waals surface area contributed by atoms with E-state index < -0.39 is 0 Å². The first kappa shape index (κ1) is 9.99. The van der Waals surface area contributed by atoms with E-state index in [0.717, 1.165) is 13.0 Å². The molecule has 60 valence electrons. The third-order valence-electron chi connectivity index (χ3n) is 1.36. The molecule has 0 aromatic carbocycles. The summed E-state index contributed by atoms with van der Waals surface area (Å²) in [5.74, 6) is 0. The van der Waals surface area contributed by atoms with Crippen molar-refractivity contribution in [2.75, 3.05) is 13.6 Å². The number of hydrogen-bond acceptors (Lipinski definition) is 1. The fourth-order valence-corrected chi connectivity index (χ4v) is 1.08. The number of hydrogen-bond donors (Lipinski definition) is 1. The zero-order valence-corrected chi connectivity index (χ0v) is 7.70. The molecular weight excluding hydrogens is 146 g/mol. The molecular formula is C8H16ClN. The molecule has 0 aliphatic carbocycles. The molecule has 2 heteroatoms. The Labute approximate surface area is 68.5 Å². The molecule has 0 spiro atoms. The summed E-state index contributed by atoms with van der Waals surface area (Å²) in [7, 11) is 1.95. The highest BCUT2D eigenvalue weighted by Gasteiger charge is 1.99. The SMILES string of the molecule is C/C=C(/CNC)CC(C)Cl. The van der Waals surface area contributed by atoms with E-state index in [4.69, 9.17) is 11.6 Å². The summed E-state index contributed by atoms with van der Waals surface area (Å²) in [6, 6.07) is 0.